The van der Waals surface area contributed by atoms with E-state index in [0.29, 0.717) is 17.2 Å². The SMILES string of the molecule is COc1cc(OC)c(/C=C/C(C)N)c(OC)c1. The number of rotatable bonds is 5. The molecule has 1 aromatic carbocycles. The summed E-state index contributed by atoms with van der Waals surface area (Å²) in [5.41, 5.74) is 6.54. The van der Waals surface area contributed by atoms with Crippen LogP contribution < -0.4 is 19.9 Å². The van der Waals surface area contributed by atoms with Crippen LogP contribution in [0.2, 0.25) is 0 Å². The molecular formula is C13H19NO3. The molecule has 17 heavy (non-hydrogen) atoms. The van der Waals surface area contributed by atoms with Crippen molar-refractivity contribution in [1.82, 2.24) is 0 Å². The van der Waals surface area contributed by atoms with E-state index < -0.39 is 0 Å². The highest BCUT2D eigenvalue weighted by molar-refractivity contribution is 5.66. The highest BCUT2D eigenvalue weighted by Crippen LogP contribution is 2.34. The maximum absolute atomic E-state index is 5.69. The van der Waals surface area contributed by atoms with E-state index in [1.54, 1.807) is 21.3 Å². The zero-order valence-corrected chi connectivity index (χ0v) is 10.7. The summed E-state index contributed by atoms with van der Waals surface area (Å²) in [4.78, 5) is 0. The van der Waals surface area contributed by atoms with Crippen molar-refractivity contribution in [3.05, 3.63) is 23.8 Å². The topological polar surface area (TPSA) is 53.7 Å². The Kier molecular flexibility index (Phi) is 4.84. The maximum Gasteiger partial charge on any atom is 0.133 e. The Morgan fingerprint density at radius 3 is 1.94 bits per heavy atom. The number of methoxy groups -OCH3 is 3. The lowest BCUT2D eigenvalue weighted by Gasteiger charge is -2.12. The molecule has 0 amide bonds. The number of hydrogen-bond donors (Lipinski definition) is 1. The largest absolute Gasteiger partial charge is 0.496 e. The molecule has 1 atom stereocenters. The predicted molar refractivity (Wildman–Crippen MR) is 68.8 cm³/mol. The minimum Gasteiger partial charge on any atom is -0.496 e. The van der Waals surface area contributed by atoms with Gasteiger partial charge in [-0.05, 0) is 13.0 Å². The molecule has 0 spiro atoms. The lowest BCUT2D eigenvalue weighted by molar-refractivity contribution is 0.374. The van der Waals surface area contributed by atoms with Gasteiger partial charge in [-0.15, -0.1) is 0 Å². The lowest BCUT2D eigenvalue weighted by Crippen LogP contribution is -2.10. The van der Waals surface area contributed by atoms with Crippen LogP contribution in [0.5, 0.6) is 17.2 Å². The van der Waals surface area contributed by atoms with Gasteiger partial charge >= 0.3 is 0 Å². The molecule has 1 rings (SSSR count). The van der Waals surface area contributed by atoms with Crippen molar-refractivity contribution < 1.29 is 14.2 Å². The monoisotopic (exact) mass is 237 g/mol. The van der Waals surface area contributed by atoms with E-state index in [-0.39, 0.29) is 6.04 Å². The molecule has 0 aliphatic heterocycles. The number of hydrogen-bond acceptors (Lipinski definition) is 4. The first-order chi connectivity index (χ1) is 8.12. The molecule has 0 fully saturated rings. The van der Waals surface area contributed by atoms with Gasteiger partial charge in [0.05, 0.1) is 26.9 Å². The van der Waals surface area contributed by atoms with Crippen molar-refractivity contribution in [3.63, 3.8) is 0 Å². The van der Waals surface area contributed by atoms with Crippen LogP contribution in [0.15, 0.2) is 18.2 Å². The zero-order valence-electron chi connectivity index (χ0n) is 10.7. The van der Waals surface area contributed by atoms with E-state index in [2.05, 4.69) is 0 Å². The second-order valence-corrected chi connectivity index (χ2v) is 3.66. The maximum atomic E-state index is 5.69. The molecule has 0 heterocycles. The quantitative estimate of drug-likeness (QED) is 0.851. The summed E-state index contributed by atoms with van der Waals surface area (Å²) in [5.74, 6) is 2.08. The van der Waals surface area contributed by atoms with Crippen LogP contribution in [0.25, 0.3) is 6.08 Å². The molecule has 4 heteroatoms. The van der Waals surface area contributed by atoms with Crippen LogP contribution in [0.4, 0.5) is 0 Å². The third-order valence-corrected chi connectivity index (χ3v) is 2.32. The summed E-state index contributed by atoms with van der Waals surface area (Å²) in [6, 6.07) is 3.60. The van der Waals surface area contributed by atoms with Crippen LogP contribution in [-0.4, -0.2) is 27.4 Å². The molecule has 4 nitrogen and oxygen atoms in total. The second-order valence-electron chi connectivity index (χ2n) is 3.66. The van der Waals surface area contributed by atoms with Crippen molar-refractivity contribution in [2.75, 3.05) is 21.3 Å². The Morgan fingerprint density at radius 2 is 1.59 bits per heavy atom. The molecule has 2 N–H and O–H groups in total. The van der Waals surface area contributed by atoms with Gasteiger partial charge in [0.1, 0.15) is 17.2 Å². The summed E-state index contributed by atoms with van der Waals surface area (Å²) < 4.78 is 15.8. The van der Waals surface area contributed by atoms with Crippen LogP contribution in [0.3, 0.4) is 0 Å². The Morgan fingerprint density at radius 1 is 1.06 bits per heavy atom. The van der Waals surface area contributed by atoms with Gasteiger partial charge in [0.25, 0.3) is 0 Å². The third-order valence-electron chi connectivity index (χ3n) is 2.32. The predicted octanol–water partition coefficient (Wildman–Crippen LogP) is 2.07. The van der Waals surface area contributed by atoms with Crippen LogP contribution in [0, 0.1) is 0 Å². The fourth-order valence-electron chi connectivity index (χ4n) is 1.44. The fraction of sp³-hybridized carbons (Fsp3) is 0.385. The van der Waals surface area contributed by atoms with Crippen molar-refractivity contribution in [3.8, 4) is 17.2 Å². The number of nitrogens with two attached hydrogens (primary N) is 1. The molecule has 0 aliphatic carbocycles. The summed E-state index contributed by atoms with van der Waals surface area (Å²) >= 11 is 0. The smallest absolute Gasteiger partial charge is 0.133 e. The van der Waals surface area contributed by atoms with Gasteiger partial charge in [0.15, 0.2) is 0 Å². The van der Waals surface area contributed by atoms with Gasteiger partial charge in [-0.1, -0.05) is 6.08 Å². The molecule has 1 unspecified atom stereocenters. The van der Waals surface area contributed by atoms with Gasteiger partial charge in [0.2, 0.25) is 0 Å². The van der Waals surface area contributed by atoms with E-state index in [0.717, 1.165) is 5.56 Å². The molecule has 0 aromatic heterocycles. The Balaban J connectivity index is 3.24. The highest BCUT2D eigenvalue weighted by Gasteiger charge is 2.10. The molecule has 0 bridgehead atoms. The molecular weight excluding hydrogens is 218 g/mol. The van der Waals surface area contributed by atoms with Crippen LogP contribution in [0.1, 0.15) is 12.5 Å². The lowest BCUT2D eigenvalue weighted by atomic mass is 10.1. The first kappa shape index (κ1) is 13.4. The van der Waals surface area contributed by atoms with Crippen LogP contribution >= 0.6 is 0 Å². The summed E-state index contributed by atoms with van der Waals surface area (Å²) in [6.45, 7) is 1.90. The zero-order chi connectivity index (χ0) is 12.8. The fourth-order valence-corrected chi connectivity index (χ4v) is 1.44. The van der Waals surface area contributed by atoms with Crippen LogP contribution in [-0.2, 0) is 0 Å². The summed E-state index contributed by atoms with van der Waals surface area (Å²) in [7, 11) is 4.82. The van der Waals surface area contributed by atoms with Gasteiger partial charge in [-0.3, -0.25) is 0 Å². The van der Waals surface area contributed by atoms with Crippen molar-refractivity contribution in [1.29, 1.82) is 0 Å². The molecule has 0 aliphatic rings. The normalized spacial score (nSPS) is 12.5. The van der Waals surface area contributed by atoms with Gasteiger partial charge in [-0.25, -0.2) is 0 Å². The summed E-state index contributed by atoms with van der Waals surface area (Å²) in [5, 5.41) is 0. The van der Waals surface area contributed by atoms with Gasteiger partial charge in [0, 0.05) is 18.2 Å². The van der Waals surface area contributed by atoms with Gasteiger partial charge in [-0.2, -0.15) is 0 Å². The average Bonchev–Trinajstić information content (AvgIpc) is 2.34. The number of benzene rings is 1. The standard InChI is InChI=1S/C13H19NO3/c1-9(14)5-6-11-12(16-3)7-10(15-2)8-13(11)17-4/h5-9H,14H2,1-4H3/b6-5+. The van der Waals surface area contributed by atoms with E-state index in [1.807, 2.05) is 31.2 Å². The van der Waals surface area contributed by atoms with E-state index in [4.69, 9.17) is 19.9 Å². The molecule has 0 saturated heterocycles. The molecule has 1 aromatic rings. The van der Waals surface area contributed by atoms with E-state index in [1.165, 1.54) is 0 Å². The first-order valence-electron chi connectivity index (χ1n) is 5.36. The molecule has 0 radical (unpaired) electrons. The highest BCUT2D eigenvalue weighted by atomic mass is 16.5. The Labute approximate surface area is 102 Å². The number of ether oxygens (including phenoxy) is 3. The molecule has 0 saturated carbocycles. The average molecular weight is 237 g/mol. The van der Waals surface area contributed by atoms with E-state index >= 15 is 0 Å². The second kappa shape index (κ2) is 6.15. The minimum atomic E-state index is -0.0217. The van der Waals surface area contributed by atoms with Crippen molar-refractivity contribution >= 4 is 6.08 Å². The van der Waals surface area contributed by atoms with Crippen molar-refractivity contribution in [2.24, 2.45) is 5.73 Å². The third kappa shape index (κ3) is 3.39. The van der Waals surface area contributed by atoms with Gasteiger partial charge < -0.3 is 19.9 Å². The molecule has 94 valence electrons. The minimum absolute atomic E-state index is 0.0217. The van der Waals surface area contributed by atoms with Crippen molar-refractivity contribution in [2.45, 2.75) is 13.0 Å². The Hall–Kier alpha value is -1.68. The van der Waals surface area contributed by atoms with E-state index in [9.17, 15) is 0 Å². The summed E-state index contributed by atoms with van der Waals surface area (Å²) in [6.07, 6.45) is 3.77. The first-order valence-corrected chi connectivity index (χ1v) is 5.36. The Bertz CT molecular complexity index is 375.